The van der Waals surface area contributed by atoms with Crippen molar-refractivity contribution in [1.82, 2.24) is 14.5 Å². The zero-order valence-corrected chi connectivity index (χ0v) is 11.2. The number of likely N-dealkylation sites (N-methyl/N-ethyl adjacent to an activating group) is 1. The molecule has 2 heterocycles. The molecule has 0 aromatic carbocycles. The van der Waals surface area contributed by atoms with Gasteiger partial charge in [-0.25, -0.2) is 4.98 Å². The molecule has 4 heteroatoms. The fraction of sp³-hybridized carbons (Fsp3) is 0.769. The van der Waals surface area contributed by atoms with Gasteiger partial charge in [0.1, 0.15) is 0 Å². The van der Waals surface area contributed by atoms with Crippen molar-refractivity contribution in [3.8, 4) is 0 Å². The minimum Gasteiger partial charge on any atom is -0.331 e. The molecule has 1 aliphatic rings. The van der Waals surface area contributed by atoms with E-state index in [4.69, 9.17) is 5.73 Å². The zero-order valence-electron chi connectivity index (χ0n) is 11.2. The summed E-state index contributed by atoms with van der Waals surface area (Å²) in [6.45, 7) is 6.28. The van der Waals surface area contributed by atoms with Crippen LogP contribution >= 0.6 is 0 Å². The van der Waals surface area contributed by atoms with Gasteiger partial charge in [-0.1, -0.05) is 6.42 Å². The molecule has 0 spiro atoms. The SMILES string of the molecule is CN1CCCCC1Cn1cncc1C(C)(C)N. The fourth-order valence-electron chi connectivity index (χ4n) is 2.60. The Bertz CT molecular complexity index is 364. The maximum atomic E-state index is 6.17. The van der Waals surface area contributed by atoms with Crippen molar-refractivity contribution < 1.29 is 0 Å². The number of piperidine rings is 1. The molecule has 1 aliphatic heterocycles. The van der Waals surface area contributed by atoms with E-state index in [-0.39, 0.29) is 5.54 Å². The number of likely N-dealkylation sites (tertiary alicyclic amines) is 1. The smallest absolute Gasteiger partial charge is 0.0949 e. The summed E-state index contributed by atoms with van der Waals surface area (Å²) in [5.74, 6) is 0. The van der Waals surface area contributed by atoms with E-state index in [0.717, 1.165) is 12.2 Å². The summed E-state index contributed by atoms with van der Waals surface area (Å²) in [5, 5.41) is 0. The summed E-state index contributed by atoms with van der Waals surface area (Å²) < 4.78 is 2.21. The number of hydrogen-bond donors (Lipinski definition) is 1. The molecule has 1 atom stereocenters. The Morgan fingerprint density at radius 2 is 2.24 bits per heavy atom. The van der Waals surface area contributed by atoms with E-state index in [9.17, 15) is 0 Å². The molecule has 1 unspecified atom stereocenters. The first-order valence-electron chi connectivity index (χ1n) is 6.48. The second-order valence-corrected chi connectivity index (χ2v) is 5.78. The molecule has 0 amide bonds. The molecule has 1 aromatic rings. The number of rotatable bonds is 3. The Hall–Kier alpha value is -0.870. The summed E-state index contributed by atoms with van der Waals surface area (Å²) in [4.78, 5) is 6.70. The number of imidazole rings is 1. The van der Waals surface area contributed by atoms with Crippen molar-refractivity contribution >= 4 is 0 Å². The molecule has 4 nitrogen and oxygen atoms in total. The lowest BCUT2D eigenvalue weighted by atomic mass is 10.0. The predicted molar refractivity (Wildman–Crippen MR) is 69.7 cm³/mol. The van der Waals surface area contributed by atoms with Crippen LogP contribution < -0.4 is 5.73 Å². The van der Waals surface area contributed by atoms with Gasteiger partial charge in [0, 0.05) is 18.8 Å². The van der Waals surface area contributed by atoms with Gasteiger partial charge in [0.15, 0.2) is 0 Å². The fourth-order valence-corrected chi connectivity index (χ4v) is 2.60. The highest BCUT2D eigenvalue weighted by Crippen LogP contribution is 2.20. The molecule has 0 saturated carbocycles. The van der Waals surface area contributed by atoms with Crippen molar-refractivity contribution in [2.75, 3.05) is 13.6 Å². The van der Waals surface area contributed by atoms with Crippen LogP contribution in [0, 0.1) is 0 Å². The summed E-state index contributed by atoms with van der Waals surface area (Å²) in [6.07, 6.45) is 7.74. The molecular weight excluding hydrogens is 212 g/mol. The van der Waals surface area contributed by atoms with Crippen LogP contribution in [0.1, 0.15) is 38.8 Å². The lowest BCUT2D eigenvalue weighted by molar-refractivity contribution is 0.165. The highest BCUT2D eigenvalue weighted by Gasteiger charge is 2.23. The molecule has 96 valence electrons. The van der Waals surface area contributed by atoms with Gasteiger partial charge >= 0.3 is 0 Å². The molecule has 1 aromatic heterocycles. The van der Waals surface area contributed by atoms with Crippen LogP contribution in [0.3, 0.4) is 0 Å². The molecule has 1 saturated heterocycles. The van der Waals surface area contributed by atoms with Crippen LogP contribution in [0.4, 0.5) is 0 Å². The lowest BCUT2D eigenvalue weighted by Gasteiger charge is -2.33. The minimum absolute atomic E-state index is 0.316. The quantitative estimate of drug-likeness (QED) is 0.866. The highest BCUT2D eigenvalue weighted by molar-refractivity contribution is 5.10. The largest absolute Gasteiger partial charge is 0.331 e. The predicted octanol–water partition coefficient (Wildman–Crippen LogP) is 1.56. The maximum absolute atomic E-state index is 6.17. The summed E-state index contributed by atoms with van der Waals surface area (Å²) in [7, 11) is 2.22. The minimum atomic E-state index is -0.316. The first-order valence-corrected chi connectivity index (χ1v) is 6.48. The van der Waals surface area contributed by atoms with Gasteiger partial charge in [-0.15, -0.1) is 0 Å². The van der Waals surface area contributed by atoms with E-state index >= 15 is 0 Å². The van der Waals surface area contributed by atoms with Crippen molar-refractivity contribution in [1.29, 1.82) is 0 Å². The molecule has 2 N–H and O–H groups in total. The molecular formula is C13H24N4. The van der Waals surface area contributed by atoms with Crippen molar-refractivity contribution in [2.45, 2.75) is 51.2 Å². The van der Waals surface area contributed by atoms with Gasteiger partial charge in [0.05, 0.1) is 17.6 Å². The van der Waals surface area contributed by atoms with Crippen LogP contribution in [-0.4, -0.2) is 34.1 Å². The van der Waals surface area contributed by atoms with E-state index < -0.39 is 0 Å². The Labute approximate surface area is 104 Å². The first-order chi connectivity index (χ1) is 7.98. The van der Waals surface area contributed by atoms with E-state index in [1.54, 1.807) is 0 Å². The molecule has 17 heavy (non-hydrogen) atoms. The number of aromatic nitrogens is 2. The molecule has 0 radical (unpaired) electrons. The van der Waals surface area contributed by atoms with Crippen molar-refractivity contribution in [2.24, 2.45) is 5.73 Å². The van der Waals surface area contributed by atoms with Crippen LogP contribution in [0.5, 0.6) is 0 Å². The van der Waals surface area contributed by atoms with E-state index in [2.05, 4.69) is 21.5 Å². The standard InChI is InChI=1S/C13H24N4/c1-13(2,14)12-8-15-10-17(12)9-11-6-4-5-7-16(11)3/h8,10-11H,4-7,9,14H2,1-3H3. The van der Waals surface area contributed by atoms with Crippen LogP contribution in [0.25, 0.3) is 0 Å². The number of hydrogen-bond acceptors (Lipinski definition) is 3. The first kappa shape index (κ1) is 12.6. The summed E-state index contributed by atoms with van der Waals surface area (Å²) in [6, 6.07) is 0.624. The van der Waals surface area contributed by atoms with Gasteiger partial charge in [-0.05, 0) is 40.3 Å². The second-order valence-electron chi connectivity index (χ2n) is 5.78. The Morgan fingerprint density at radius 3 is 2.88 bits per heavy atom. The highest BCUT2D eigenvalue weighted by atomic mass is 15.2. The van der Waals surface area contributed by atoms with Gasteiger partial charge in [0.25, 0.3) is 0 Å². The third-order valence-electron chi connectivity index (χ3n) is 3.70. The number of nitrogens with zero attached hydrogens (tertiary/aromatic N) is 3. The van der Waals surface area contributed by atoms with E-state index in [0.29, 0.717) is 6.04 Å². The summed E-state index contributed by atoms with van der Waals surface area (Å²) >= 11 is 0. The van der Waals surface area contributed by atoms with Gasteiger partial charge in [-0.2, -0.15) is 0 Å². The van der Waals surface area contributed by atoms with Crippen molar-refractivity contribution in [3.05, 3.63) is 18.2 Å². The van der Waals surface area contributed by atoms with Gasteiger partial charge in [0.2, 0.25) is 0 Å². The Morgan fingerprint density at radius 1 is 1.47 bits per heavy atom. The van der Waals surface area contributed by atoms with Gasteiger partial charge in [-0.3, -0.25) is 0 Å². The monoisotopic (exact) mass is 236 g/mol. The maximum Gasteiger partial charge on any atom is 0.0949 e. The average Bonchev–Trinajstić information content (AvgIpc) is 2.69. The summed E-state index contributed by atoms with van der Waals surface area (Å²) in [5.41, 5.74) is 6.97. The van der Waals surface area contributed by atoms with E-state index in [1.165, 1.54) is 25.8 Å². The van der Waals surface area contributed by atoms with Crippen molar-refractivity contribution in [3.63, 3.8) is 0 Å². The average molecular weight is 236 g/mol. The van der Waals surface area contributed by atoms with E-state index in [1.807, 2.05) is 26.4 Å². The van der Waals surface area contributed by atoms with Gasteiger partial charge < -0.3 is 15.2 Å². The zero-order chi connectivity index (χ0) is 12.5. The third-order valence-corrected chi connectivity index (χ3v) is 3.70. The Balaban J connectivity index is 2.10. The van der Waals surface area contributed by atoms with Crippen LogP contribution in [0.15, 0.2) is 12.5 Å². The number of nitrogens with two attached hydrogens (primary N) is 1. The van der Waals surface area contributed by atoms with Crippen LogP contribution in [0.2, 0.25) is 0 Å². The van der Waals surface area contributed by atoms with Crippen LogP contribution in [-0.2, 0) is 12.1 Å². The molecule has 0 bridgehead atoms. The molecule has 1 fully saturated rings. The lowest BCUT2D eigenvalue weighted by Crippen LogP contribution is -2.40. The second kappa shape index (κ2) is 4.78. The normalized spacial score (nSPS) is 22.9. The third kappa shape index (κ3) is 2.87. The molecule has 2 rings (SSSR count). The molecule has 0 aliphatic carbocycles. The topological polar surface area (TPSA) is 47.1 Å². The Kier molecular flexibility index (Phi) is 3.54.